The third-order valence-corrected chi connectivity index (χ3v) is 4.63. The van der Waals surface area contributed by atoms with Crippen molar-refractivity contribution in [1.82, 2.24) is 0 Å². The van der Waals surface area contributed by atoms with Crippen molar-refractivity contribution < 1.29 is 0 Å². The van der Waals surface area contributed by atoms with E-state index in [0.717, 1.165) is 6.42 Å². The van der Waals surface area contributed by atoms with E-state index in [9.17, 15) is 0 Å². The van der Waals surface area contributed by atoms with Gasteiger partial charge < -0.3 is 0 Å². The van der Waals surface area contributed by atoms with Crippen molar-refractivity contribution in [3.63, 3.8) is 0 Å². The number of hydrogen-bond acceptors (Lipinski definition) is 0. The van der Waals surface area contributed by atoms with Crippen molar-refractivity contribution in [2.45, 2.75) is 13.3 Å². The zero-order valence-electron chi connectivity index (χ0n) is 13.9. The molecule has 4 aromatic carbocycles. The van der Waals surface area contributed by atoms with Gasteiger partial charge in [0.2, 0.25) is 0 Å². The largest absolute Gasteiger partial charge is 0.0622 e. The molecule has 24 heavy (non-hydrogen) atoms. The van der Waals surface area contributed by atoms with E-state index in [1.165, 1.54) is 38.6 Å². The lowest BCUT2D eigenvalue weighted by atomic mass is 9.90. The van der Waals surface area contributed by atoms with Crippen LogP contribution in [0.25, 0.3) is 33.0 Å². The molecule has 0 aliphatic heterocycles. The second-order valence-corrected chi connectivity index (χ2v) is 6.13. The lowest BCUT2D eigenvalue weighted by molar-refractivity contribution is 1.15. The molecular formula is C24H20. The highest BCUT2D eigenvalue weighted by atomic mass is 14.1. The number of aryl methyl sites for hydroxylation is 1. The van der Waals surface area contributed by atoms with E-state index in [1.807, 2.05) is 0 Å². The number of hydrogen-bond donors (Lipinski definition) is 0. The van der Waals surface area contributed by atoms with Crippen LogP contribution in [0.4, 0.5) is 0 Å². The van der Waals surface area contributed by atoms with Gasteiger partial charge in [-0.1, -0.05) is 97.9 Å². The molecule has 116 valence electrons. The Labute approximate surface area is 143 Å². The predicted octanol–water partition coefficient (Wildman–Crippen LogP) is 6.74. The maximum atomic E-state index is 2.35. The fraction of sp³-hybridized carbons (Fsp3) is 0.0833. The summed E-state index contributed by atoms with van der Waals surface area (Å²) < 4.78 is 0. The van der Waals surface area contributed by atoms with Crippen LogP contribution in [-0.4, -0.2) is 0 Å². The van der Waals surface area contributed by atoms with E-state index in [4.69, 9.17) is 0 Å². The van der Waals surface area contributed by atoms with Gasteiger partial charge in [0.1, 0.15) is 0 Å². The predicted molar refractivity (Wildman–Crippen MR) is 104 cm³/mol. The van der Waals surface area contributed by atoms with Crippen molar-refractivity contribution in [2.75, 3.05) is 0 Å². The van der Waals surface area contributed by atoms with Crippen molar-refractivity contribution >= 4 is 10.8 Å². The van der Waals surface area contributed by atoms with Gasteiger partial charge in [-0.3, -0.25) is 0 Å². The smallest absolute Gasteiger partial charge is 0.00964 e. The Morgan fingerprint density at radius 2 is 1.25 bits per heavy atom. The molecule has 0 radical (unpaired) electrons. The molecule has 0 N–H and O–H groups in total. The minimum Gasteiger partial charge on any atom is -0.0622 e. The molecule has 4 aromatic rings. The maximum absolute atomic E-state index is 2.35. The van der Waals surface area contributed by atoms with Crippen molar-refractivity contribution in [2.24, 2.45) is 0 Å². The van der Waals surface area contributed by atoms with Crippen LogP contribution in [0.3, 0.4) is 0 Å². The van der Waals surface area contributed by atoms with Crippen molar-refractivity contribution in [3.05, 3.63) is 96.6 Å². The van der Waals surface area contributed by atoms with Crippen LogP contribution >= 0.6 is 0 Å². The van der Waals surface area contributed by atoms with Gasteiger partial charge in [0.15, 0.2) is 0 Å². The number of rotatable bonds is 3. The summed E-state index contributed by atoms with van der Waals surface area (Å²) in [5, 5.41) is 2.63. The van der Waals surface area contributed by atoms with Crippen LogP contribution in [0.15, 0.2) is 91.0 Å². The molecule has 0 spiro atoms. The average Bonchev–Trinajstić information content (AvgIpc) is 2.68. The summed E-state index contributed by atoms with van der Waals surface area (Å²) in [7, 11) is 0. The first kappa shape index (κ1) is 14.7. The highest BCUT2D eigenvalue weighted by Crippen LogP contribution is 2.36. The standard InChI is InChI=1S/C24H20/c1-2-18-16-20-12-6-7-14-22(20)24(17-18)23-15-9-8-13-21(23)19-10-4-3-5-11-19/h3-17H,2H2,1H3. The Morgan fingerprint density at radius 1 is 0.583 bits per heavy atom. The molecule has 0 aliphatic rings. The molecule has 0 saturated heterocycles. The summed E-state index contributed by atoms with van der Waals surface area (Å²) in [5.41, 5.74) is 6.56. The highest BCUT2D eigenvalue weighted by molar-refractivity contribution is 6.00. The summed E-state index contributed by atoms with van der Waals surface area (Å²) in [6.07, 6.45) is 1.05. The van der Waals surface area contributed by atoms with E-state index in [2.05, 4.69) is 97.9 Å². The zero-order valence-corrected chi connectivity index (χ0v) is 13.9. The fourth-order valence-electron chi connectivity index (χ4n) is 3.39. The van der Waals surface area contributed by atoms with Crippen LogP contribution in [0.1, 0.15) is 12.5 Å². The van der Waals surface area contributed by atoms with Crippen LogP contribution < -0.4 is 0 Å². The minimum atomic E-state index is 1.05. The Hall–Kier alpha value is -2.86. The zero-order chi connectivity index (χ0) is 16.4. The molecule has 0 bridgehead atoms. The quantitative estimate of drug-likeness (QED) is 0.393. The first-order chi connectivity index (χ1) is 11.9. The average molecular weight is 308 g/mol. The number of fused-ring (bicyclic) bond motifs is 1. The second kappa shape index (κ2) is 6.33. The summed E-state index contributed by atoms with van der Waals surface area (Å²) in [6, 6.07) is 32.7. The third kappa shape index (κ3) is 2.61. The van der Waals surface area contributed by atoms with E-state index in [1.54, 1.807) is 0 Å². The Balaban J connectivity index is 2.03. The van der Waals surface area contributed by atoms with Gasteiger partial charge in [0, 0.05) is 0 Å². The van der Waals surface area contributed by atoms with Crippen molar-refractivity contribution in [3.8, 4) is 22.3 Å². The summed E-state index contributed by atoms with van der Waals surface area (Å²) in [5.74, 6) is 0. The lowest BCUT2D eigenvalue weighted by Crippen LogP contribution is -1.89. The van der Waals surface area contributed by atoms with Gasteiger partial charge in [-0.05, 0) is 45.0 Å². The molecule has 0 aliphatic carbocycles. The highest BCUT2D eigenvalue weighted by Gasteiger charge is 2.11. The molecule has 0 saturated carbocycles. The molecule has 0 unspecified atom stereocenters. The minimum absolute atomic E-state index is 1.05. The van der Waals surface area contributed by atoms with Crippen LogP contribution in [-0.2, 0) is 6.42 Å². The molecule has 0 fully saturated rings. The first-order valence-corrected chi connectivity index (χ1v) is 8.53. The lowest BCUT2D eigenvalue weighted by Gasteiger charge is -2.14. The molecule has 0 atom stereocenters. The summed E-state index contributed by atoms with van der Waals surface area (Å²) >= 11 is 0. The van der Waals surface area contributed by atoms with Gasteiger partial charge >= 0.3 is 0 Å². The molecule has 0 nitrogen and oxygen atoms in total. The van der Waals surface area contributed by atoms with Crippen LogP contribution in [0, 0.1) is 0 Å². The second-order valence-electron chi connectivity index (χ2n) is 6.13. The third-order valence-electron chi connectivity index (χ3n) is 4.63. The van der Waals surface area contributed by atoms with Crippen molar-refractivity contribution in [1.29, 1.82) is 0 Å². The van der Waals surface area contributed by atoms with E-state index in [-0.39, 0.29) is 0 Å². The Kier molecular flexibility index (Phi) is 3.88. The van der Waals surface area contributed by atoms with Gasteiger partial charge in [-0.2, -0.15) is 0 Å². The topological polar surface area (TPSA) is 0 Å². The van der Waals surface area contributed by atoms with E-state index in [0.29, 0.717) is 0 Å². The van der Waals surface area contributed by atoms with E-state index < -0.39 is 0 Å². The molecule has 4 rings (SSSR count). The van der Waals surface area contributed by atoms with Crippen LogP contribution in [0.2, 0.25) is 0 Å². The monoisotopic (exact) mass is 308 g/mol. The van der Waals surface area contributed by atoms with E-state index >= 15 is 0 Å². The SMILES string of the molecule is CCc1cc(-c2ccccc2-c2ccccc2)c2ccccc2c1. The van der Waals surface area contributed by atoms with Gasteiger partial charge in [-0.25, -0.2) is 0 Å². The molecule has 0 aromatic heterocycles. The molecule has 0 amide bonds. The Morgan fingerprint density at radius 3 is 2.04 bits per heavy atom. The molecule has 0 heteroatoms. The molecular weight excluding hydrogens is 288 g/mol. The fourth-order valence-corrected chi connectivity index (χ4v) is 3.39. The van der Waals surface area contributed by atoms with Gasteiger partial charge in [0.25, 0.3) is 0 Å². The maximum Gasteiger partial charge on any atom is -0.00964 e. The van der Waals surface area contributed by atoms with Gasteiger partial charge in [0.05, 0.1) is 0 Å². The normalized spacial score (nSPS) is 10.9. The first-order valence-electron chi connectivity index (χ1n) is 8.53. The number of benzene rings is 4. The summed E-state index contributed by atoms with van der Waals surface area (Å²) in [4.78, 5) is 0. The Bertz CT molecular complexity index is 981. The summed E-state index contributed by atoms with van der Waals surface area (Å²) in [6.45, 7) is 2.22. The van der Waals surface area contributed by atoms with Gasteiger partial charge in [-0.15, -0.1) is 0 Å². The van der Waals surface area contributed by atoms with Crippen LogP contribution in [0.5, 0.6) is 0 Å². The molecule has 0 heterocycles.